The topological polar surface area (TPSA) is 0 Å². The molecule has 3 unspecified atom stereocenters. The second-order valence-electron chi connectivity index (χ2n) is 5.89. The second-order valence-corrected chi connectivity index (χ2v) is 5.89. The maximum Gasteiger partial charge on any atom is -0.0231 e. The average molecular weight is 178 g/mol. The van der Waals surface area contributed by atoms with E-state index in [1.165, 1.54) is 31.3 Å². The van der Waals surface area contributed by atoms with Crippen LogP contribution < -0.4 is 0 Å². The van der Waals surface area contributed by atoms with E-state index in [0.717, 1.165) is 17.8 Å². The minimum atomic E-state index is 0.611. The SMILES string of the molecule is C=C1CC2CCC(C)(C)C2CC1C. The van der Waals surface area contributed by atoms with Crippen LogP contribution in [0.5, 0.6) is 0 Å². The summed E-state index contributed by atoms with van der Waals surface area (Å²) in [6.07, 6.45) is 5.59. The van der Waals surface area contributed by atoms with Gasteiger partial charge in [0.15, 0.2) is 0 Å². The Kier molecular flexibility index (Phi) is 2.05. The first kappa shape index (κ1) is 9.30. The van der Waals surface area contributed by atoms with Gasteiger partial charge < -0.3 is 0 Å². The van der Waals surface area contributed by atoms with Crippen molar-refractivity contribution in [3.8, 4) is 0 Å². The fraction of sp³-hybridized carbons (Fsp3) is 0.846. The third-order valence-corrected chi connectivity index (χ3v) is 4.56. The number of fused-ring (bicyclic) bond motifs is 1. The second kappa shape index (κ2) is 2.87. The van der Waals surface area contributed by atoms with Crippen molar-refractivity contribution in [2.24, 2.45) is 23.2 Å². The van der Waals surface area contributed by atoms with Crippen LogP contribution in [0.3, 0.4) is 0 Å². The maximum absolute atomic E-state index is 4.20. The zero-order valence-electron chi connectivity index (χ0n) is 9.27. The highest BCUT2D eigenvalue weighted by atomic mass is 14.5. The smallest absolute Gasteiger partial charge is 0.0231 e. The molecule has 0 bridgehead atoms. The molecule has 0 amide bonds. The van der Waals surface area contributed by atoms with E-state index in [2.05, 4.69) is 27.4 Å². The predicted octanol–water partition coefficient (Wildman–Crippen LogP) is 4.02. The van der Waals surface area contributed by atoms with Gasteiger partial charge in [-0.3, -0.25) is 0 Å². The summed E-state index contributed by atoms with van der Waals surface area (Å²) in [5, 5.41) is 0. The van der Waals surface area contributed by atoms with Crippen molar-refractivity contribution in [3.05, 3.63) is 12.2 Å². The summed E-state index contributed by atoms with van der Waals surface area (Å²) in [5.74, 6) is 2.73. The van der Waals surface area contributed by atoms with Crippen LogP contribution in [0.4, 0.5) is 0 Å². The van der Waals surface area contributed by atoms with Gasteiger partial charge in [-0.25, -0.2) is 0 Å². The highest BCUT2D eigenvalue weighted by Crippen LogP contribution is 2.54. The molecule has 13 heavy (non-hydrogen) atoms. The standard InChI is InChI=1S/C13H22/c1-9-7-11-5-6-13(3,4)12(11)8-10(9)2/h10-12H,1,5-8H2,2-4H3. The van der Waals surface area contributed by atoms with Gasteiger partial charge in [0, 0.05) is 0 Å². The highest BCUT2D eigenvalue weighted by molar-refractivity contribution is 5.10. The Labute approximate surface area is 82.4 Å². The Morgan fingerprint density at radius 3 is 2.77 bits per heavy atom. The summed E-state index contributed by atoms with van der Waals surface area (Å²) in [6, 6.07) is 0. The van der Waals surface area contributed by atoms with Gasteiger partial charge in [0.25, 0.3) is 0 Å². The number of allylic oxidation sites excluding steroid dienone is 1. The van der Waals surface area contributed by atoms with E-state index in [1.54, 1.807) is 0 Å². The van der Waals surface area contributed by atoms with Crippen LogP contribution in [0, 0.1) is 23.2 Å². The molecule has 3 atom stereocenters. The Morgan fingerprint density at radius 1 is 1.38 bits per heavy atom. The third kappa shape index (κ3) is 1.45. The molecule has 0 nitrogen and oxygen atoms in total. The Morgan fingerprint density at radius 2 is 2.08 bits per heavy atom. The lowest BCUT2D eigenvalue weighted by Crippen LogP contribution is -2.29. The van der Waals surface area contributed by atoms with Crippen LogP contribution in [0.15, 0.2) is 12.2 Å². The van der Waals surface area contributed by atoms with E-state index in [9.17, 15) is 0 Å². The molecule has 74 valence electrons. The van der Waals surface area contributed by atoms with Gasteiger partial charge in [-0.15, -0.1) is 0 Å². The zero-order chi connectivity index (χ0) is 9.64. The van der Waals surface area contributed by atoms with Gasteiger partial charge in [0.2, 0.25) is 0 Å². The molecule has 2 fully saturated rings. The van der Waals surface area contributed by atoms with Gasteiger partial charge in [0.1, 0.15) is 0 Å². The molecular weight excluding hydrogens is 156 g/mol. The highest BCUT2D eigenvalue weighted by Gasteiger charge is 2.44. The lowest BCUT2D eigenvalue weighted by Gasteiger charge is -2.38. The lowest BCUT2D eigenvalue weighted by molar-refractivity contribution is 0.161. The summed E-state index contributed by atoms with van der Waals surface area (Å²) in [6.45, 7) is 11.5. The molecule has 0 aliphatic heterocycles. The minimum absolute atomic E-state index is 0.611. The molecule has 0 aromatic rings. The molecule has 0 aromatic carbocycles. The largest absolute Gasteiger partial charge is 0.0996 e. The lowest BCUT2D eigenvalue weighted by atomic mass is 9.67. The molecule has 0 spiro atoms. The van der Waals surface area contributed by atoms with Crippen LogP contribution in [0.2, 0.25) is 0 Å². The Balaban J connectivity index is 2.16. The molecule has 0 heteroatoms. The maximum atomic E-state index is 4.20. The monoisotopic (exact) mass is 178 g/mol. The number of hydrogen-bond donors (Lipinski definition) is 0. The predicted molar refractivity (Wildman–Crippen MR) is 57.5 cm³/mol. The van der Waals surface area contributed by atoms with E-state index >= 15 is 0 Å². The van der Waals surface area contributed by atoms with Crippen molar-refractivity contribution in [2.75, 3.05) is 0 Å². The molecule has 0 heterocycles. The Bertz CT molecular complexity index is 224. The van der Waals surface area contributed by atoms with Crippen LogP contribution in [-0.2, 0) is 0 Å². The van der Waals surface area contributed by atoms with E-state index < -0.39 is 0 Å². The van der Waals surface area contributed by atoms with Crippen LogP contribution in [0.25, 0.3) is 0 Å². The third-order valence-electron chi connectivity index (χ3n) is 4.56. The van der Waals surface area contributed by atoms with Crippen molar-refractivity contribution in [3.63, 3.8) is 0 Å². The van der Waals surface area contributed by atoms with E-state index in [1.807, 2.05) is 0 Å². The van der Waals surface area contributed by atoms with Crippen molar-refractivity contribution in [1.82, 2.24) is 0 Å². The molecule has 0 saturated heterocycles. The fourth-order valence-corrected chi connectivity index (χ4v) is 3.42. The first-order valence-electron chi connectivity index (χ1n) is 5.68. The molecule has 2 aliphatic carbocycles. The van der Waals surface area contributed by atoms with E-state index in [-0.39, 0.29) is 0 Å². The number of hydrogen-bond acceptors (Lipinski definition) is 0. The molecule has 2 saturated carbocycles. The van der Waals surface area contributed by atoms with Crippen molar-refractivity contribution >= 4 is 0 Å². The summed E-state index contributed by atoms with van der Waals surface area (Å²) in [7, 11) is 0. The molecular formula is C13H22. The fourth-order valence-electron chi connectivity index (χ4n) is 3.42. The molecule has 2 rings (SSSR count). The van der Waals surface area contributed by atoms with Crippen molar-refractivity contribution in [2.45, 2.75) is 46.5 Å². The van der Waals surface area contributed by atoms with Crippen LogP contribution in [0.1, 0.15) is 46.5 Å². The number of rotatable bonds is 0. The Hall–Kier alpha value is -0.260. The van der Waals surface area contributed by atoms with Crippen molar-refractivity contribution < 1.29 is 0 Å². The van der Waals surface area contributed by atoms with Gasteiger partial charge in [-0.05, 0) is 48.9 Å². The van der Waals surface area contributed by atoms with Crippen LogP contribution >= 0.6 is 0 Å². The summed E-state index contributed by atoms with van der Waals surface area (Å²) in [5.41, 5.74) is 2.12. The molecule has 0 N–H and O–H groups in total. The average Bonchev–Trinajstić information content (AvgIpc) is 2.31. The van der Waals surface area contributed by atoms with Crippen LogP contribution in [-0.4, -0.2) is 0 Å². The van der Waals surface area contributed by atoms with Gasteiger partial charge in [0.05, 0.1) is 0 Å². The van der Waals surface area contributed by atoms with Gasteiger partial charge >= 0.3 is 0 Å². The quantitative estimate of drug-likeness (QED) is 0.491. The molecule has 0 aromatic heterocycles. The van der Waals surface area contributed by atoms with Crippen molar-refractivity contribution in [1.29, 1.82) is 0 Å². The summed E-state index contributed by atoms with van der Waals surface area (Å²) in [4.78, 5) is 0. The minimum Gasteiger partial charge on any atom is -0.0996 e. The first-order valence-corrected chi connectivity index (χ1v) is 5.68. The normalized spacial score (nSPS) is 43.3. The van der Waals surface area contributed by atoms with E-state index in [0.29, 0.717) is 5.41 Å². The van der Waals surface area contributed by atoms with Gasteiger partial charge in [-0.1, -0.05) is 32.9 Å². The first-order chi connectivity index (χ1) is 6.00. The molecule has 0 radical (unpaired) electrons. The van der Waals surface area contributed by atoms with Gasteiger partial charge in [-0.2, -0.15) is 0 Å². The summed E-state index contributed by atoms with van der Waals surface area (Å²) >= 11 is 0. The summed E-state index contributed by atoms with van der Waals surface area (Å²) < 4.78 is 0. The van der Waals surface area contributed by atoms with E-state index in [4.69, 9.17) is 0 Å². The molecule has 2 aliphatic rings. The zero-order valence-corrected chi connectivity index (χ0v) is 9.27.